The first-order chi connectivity index (χ1) is 12.8. The van der Waals surface area contributed by atoms with E-state index < -0.39 is 5.60 Å². The molecule has 1 aliphatic rings. The van der Waals surface area contributed by atoms with Gasteiger partial charge in [0.15, 0.2) is 5.60 Å². The molecule has 0 spiro atoms. The van der Waals surface area contributed by atoms with E-state index in [1.54, 1.807) is 48.9 Å². The molecular formula is C21H23ClN2O3. The zero-order chi connectivity index (χ0) is 19.6. The summed E-state index contributed by atoms with van der Waals surface area (Å²) in [5.41, 5.74) is 0.680. The molecule has 0 aromatic heterocycles. The summed E-state index contributed by atoms with van der Waals surface area (Å²) in [6, 6.07) is 15.0. The van der Waals surface area contributed by atoms with Gasteiger partial charge in [-0.05, 0) is 37.6 Å². The third-order valence-electron chi connectivity index (χ3n) is 4.57. The Balaban J connectivity index is 1.71. The fourth-order valence-electron chi connectivity index (χ4n) is 3.11. The predicted octanol–water partition coefficient (Wildman–Crippen LogP) is 3.89. The standard InChI is InChI=1S/C21H23ClN2O3/c1-21(2)20(26)24(17-13-16(22)9-10-18(17)27-21)12-11-19(25)23(3)14-15-7-5-4-6-8-15/h4-10,13H,11-12,14H2,1-3H3. The Bertz CT molecular complexity index is 852. The van der Waals surface area contributed by atoms with Gasteiger partial charge in [-0.15, -0.1) is 0 Å². The largest absolute Gasteiger partial charge is 0.476 e. The lowest BCUT2D eigenvalue weighted by Gasteiger charge is -2.39. The van der Waals surface area contributed by atoms with Crippen molar-refractivity contribution in [1.29, 1.82) is 0 Å². The van der Waals surface area contributed by atoms with E-state index in [0.29, 0.717) is 23.0 Å². The van der Waals surface area contributed by atoms with E-state index in [2.05, 4.69) is 0 Å². The van der Waals surface area contributed by atoms with Gasteiger partial charge in [-0.3, -0.25) is 9.59 Å². The van der Waals surface area contributed by atoms with Crippen molar-refractivity contribution in [2.75, 3.05) is 18.5 Å². The molecule has 0 fully saturated rings. The Morgan fingerprint density at radius 3 is 2.59 bits per heavy atom. The fraction of sp³-hybridized carbons (Fsp3) is 0.333. The zero-order valence-electron chi connectivity index (χ0n) is 15.7. The topological polar surface area (TPSA) is 49.9 Å². The van der Waals surface area contributed by atoms with E-state index in [1.807, 2.05) is 30.3 Å². The van der Waals surface area contributed by atoms with Crippen molar-refractivity contribution in [3.63, 3.8) is 0 Å². The van der Waals surface area contributed by atoms with Gasteiger partial charge >= 0.3 is 0 Å². The van der Waals surface area contributed by atoms with Crippen molar-refractivity contribution >= 4 is 29.1 Å². The van der Waals surface area contributed by atoms with Crippen molar-refractivity contribution in [1.82, 2.24) is 4.90 Å². The lowest BCUT2D eigenvalue weighted by Crippen LogP contribution is -2.53. The average Bonchev–Trinajstić information content (AvgIpc) is 2.63. The molecule has 0 aliphatic carbocycles. The second kappa shape index (κ2) is 7.61. The van der Waals surface area contributed by atoms with E-state index in [-0.39, 0.29) is 24.8 Å². The summed E-state index contributed by atoms with van der Waals surface area (Å²) in [6.07, 6.45) is 0.219. The number of ether oxygens (including phenoxy) is 1. The van der Waals surface area contributed by atoms with Crippen LogP contribution in [0.2, 0.25) is 5.02 Å². The minimum atomic E-state index is -0.986. The SMILES string of the molecule is CN(Cc1ccccc1)C(=O)CCN1C(=O)C(C)(C)Oc2ccc(Cl)cc21. The molecule has 3 rings (SSSR count). The first-order valence-corrected chi connectivity index (χ1v) is 9.24. The molecule has 0 bridgehead atoms. The maximum absolute atomic E-state index is 12.8. The van der Waals surface area contributed by atoms with Crippen LogP contribution in [0.25, 0.3) is 0 Å². The molecular weight excluding hydrogens is 364 g/mol. The Kier molecular flexibility index (Phi) is 5.42. The van der Waals surface area contributed by atoms with Crippen molar-refractivity contribution in [2.45, 2.75) is 32.4 Å². The van der Waals surface area contributed by atoms with E-state index in [9.17, 15) is 9.59 Å². The zero-order valence-corrected chi connectivity index (χ0v) is 16.5. The Morgan fingerprint density at radius 1 is 1.19 bits per heavy atom. The number of rotatable bonds is 5. The molecule has 0 saturated heterocycles. The van der Waals surface area contributed by atoms with Crippen LogP contribution in [0.15, 0.2) is 48.5 Å². The Labute approximate surface area is 164 Å². The van der Waals surface area contributed by atoms with Gasteiger partial charge in [-0.1, -0.05) is 41.9 Å². The summed E-state index contributed by atoms with van der Waals surface area (Å²) >= 11 is 6.10. The van der Waals surface area contributed by atoms with E-state index in [1.165, 1.54) is 0 Å². The van der Waals surface area contributed by atoms with Crippen molar-refractivity contribution < 1.29 is 14.3 Å². The minimum Gasteiger partial charge on any atom is -0.476 e. The summed E-state index contributed by atoms with van der Waals surface area (Å²) in [7, 11) is 1.77. The van der Waals surface area contributed by atoms with Crippen LogP contribution >= 0.6 is 11.6 Å². The number of benzene rings is 2. The summed E-state index contributed by atoms with van der Waals surface area (Å²) in [5.74, 6) is 0.379. The maximum atomic E-state index is 12.8. The smallest absolute Gasteiger partial charge is 0.270 e. The van der Waals surface area contributed by atoms with Crippen LogP contribution in [0.4, 0.5) is 5.69 Å². The van der Waals surface area contributed by atoms with E-state index in [4.69, 9.17) is 16.3 Å². The van der Waals surface area contributed by atoms with Gasteiger partial charge in [-0.2, -0.15) is 0 Å². The maximum Gasteiger partial charge on any atom is 0.270 e. The number of amides is 2. The highest BCUT2D eigenvalue weighted by atomic mass is 35.5. The van der Waals surface area contributed by atoms with Crippen molar-refractivity contribution in [2.24, 2.45) is 0 Å². The second-order valence-corrected chi connectivity index (χ2v) is 7.60. The highest BCUT2D eigenvalue weighted by Gasteiger charge is 2.41. The molecule has 1 aliphatic heterocycles. The predicted molar refractivity (Wildman–Crippen MR) is 106 cm³/mol. The molecule has 5 nitrogen and oxygen atoms in total. The van der Waals surface area contributed by atoms with Crippen molar-refractivity contribution in [3.8, 4) is 5.75 Å². The number of fused-ring (bicyclic) bond motifs is 1. The first-order valence-electron chi connectivity index (χ1n) is 8.86. The lowest BCUT2D eigenvalue weighted by atomic mass is 10.0. The molecule has 0 atom stereocenters. The van der Waals surface area contributed by atoms with Gasteiger partial charge in [0.2, 0.25) is 5.91 Å². The summed E-state index contributed by atoms with van der Waals surface area (Å²) in [4.78, 5) is 28.7. The van der Waals surface area contributed by atoms with Crippen LogP contribution in [0.3, 0.4) is 0 Å². The minimum absolute atomic E-state index is 0.0282. The van der Waals surface area contributed by atoms with Gasteiger partial charge in [0.1, 0.15) is 5.75 Å². The number of hydrogen-bond acceptors (Lipinski definition) is 3. The summed E-state index contributed by atoms with van der Waals surface area (Å²) in [6.45, 7) is 4.26. The van der Waals surface area contributed by atoms with Crippen LogP contribution in [0.1, 0.15) is 25.8 Å². The van der Waals surface area contributed by atoms with Gasteiger partial charge in [-0.25, -0.2) is 0 Å². The molecule has 2 aromatic carbocycles. The van der Waals surface area contributed by atoms with Crippen LogP contribution in [0.5, 0.6) is 5.75 Å². The fourth-order valence-corrected chi connectivity index (χ4v) is 3.27. The van der Waals surface area contributed by atoms with Crippen LogP contribution in [-0.2, 0) is 16.1 Å². The highest BCUT2D eigenvalue weighted by Crippen LogP contribution is 2.39. The molecule has 142 valence electrons. The number of carbonyl (C=O) groups excluding carboxylic acids is 2. The molecule has 0 saturated carbocycles. The number of halogens is 1. The van der Waals surface area contributed by atoms with Crippen LogP contribution < -0.4 is 9.64 Å². The third kappa shape index (κ3) is 4.25. The van der Waals surface area contributed by atoms with Crippen LogP contribution in [-0.4, -0.2) is 35.9 Å². The first kappa shape index (κ1) is 19.2. The average molecular weight is 387 g/mol. The number of hydrogen-bond donors (Lipinski definition) is 0. The summed E-state index contributed by atoms with van der Waals surface area (Å²) < 4.78 is 5.80. The quantitative estimate of drug-likeness (QED) is 0.783. The Hall–Kier alpha value is -2.53. The van der Waals surface area contributed by atoms with E-state index >= 15 is 0 Å². The lowest BCUT2D eigenvalue weighted by molar-refractivity contribution is -0.133. The number of carbonyl (C=O) groups is 2. The van der Waals surface area contributed by atoms with Gasteiger partial charge in [0, 0.05) is 31.6 Å². The normalized spacial score (nSPS) is 15.1. The molecule has 0 unspecified atom stereocenters. The second-order valence-electron chi connectivity index (χ2n) is 7.17. The Morgan fingerprint density at radius 2 is 1.89 bits per heavy atom. The molecule has 0 radical (unpaired) electrons. The molecule has 2 aromatic rings. The van der Waals surface area contributed by atoms with Crippen molar-refractivity contribution in [3.05, 3.63) is 59.1 Å². The van der Waals surface area contributed by atoms with E-state index in [0.717, 1.165) is 5.56 Å². The summed E-state index contributed by atoms with van der Waals surface area (Å²) in [5, 5.41) is 0.516. The van der Waals surface area contributed by atoms with Gasteiger partial charge in [0.25, 0.3) is 5.91 Å². The van der Waals surface area contributed by atoms with Crippen LogP contribution in [0, 0.1) is 0 Å². The number of anilines is 1. The molecule has 27 heavy (non-hydrogen) atoms. The molecule has 0 N–H and O–H groups in total. The highest BCUT2D eigenvalue weighted by molar-refractivity contribution is 6.31. The number of nitrogens with zero attached hydrogens (tertiary/aromatic N) is 2. The molecule has 1 heterocycles. The third-order valence-corrected chi connectivity index (χ3v) is 4.81. The molecule has 2 amide bonds. The van der Waals surface area contributed by atoms with Gasteiger partial charge < -0.3 is 14.5 Å². The monoisotopic (exact) mass is 386 g/mol. The molecule has 6 heteroatoms. The van der Waals surface area contributed by atoms with Gasteiger partial charge in [0.05, 0.1) is 5.69 Å².